The lowest BCUT2D eigenvalue weighted by molar-refractivity contribution is 0.463. The average molecular weight is 286 g/mol. The lowest BCUT2D eigenvalue weighted by atomic mass is 10.1. The third-order valence-corrected chi connectivity index (χ3v) is 3.82. The van der Waals surface area contributed by atoms with Crippen molar-refractivity contribution in [3.05, 3.63) is 53.0 Å². The Bertz CT molecular complexity index is 574. The van der Waals surface area contributed by atoms with Gasteiger partial charge in [-0.2, -0.15) is 0 Å². The first-order valence-corrected chi connectivity index (χ1v) is 7.75. The zero-order valence-corrected chi connectivity index (χ0v) is 13.6. The van der Waals surface area contributed by atoms with Crippen molar-refractivity contribution in [2.24, 2.45) is 0 Å². The summed E-state index contributed by atoms with van der Waals surface area (Å²) in [5, 5.41) is 3.31. The molecule has 3 nitrogen and oxygen atoms in total. The Hall–Kier alpha value is -1.74. The number of hydrogen-bond donors (Lipinski definition) is 1. The minimum atomic E-state index is 0.799. The van der Waals surface area contributed by atoms with Gasteiger partial charge in [-0.05, 0) is 45.0 Å². The molecule has 0 spiro atoms. The Morgan fingerprint density at radius 1 is 1.14 bits per heavy atom. The van der Waals surface area contributed by atoms with Crippen LogP contribution in [0.3, 0.4) is 0 Å². The van der Waals surface area contributed by atoms with E-state index >= 15 is 0 Å². The summed E-state index contributed by atoms with van der Waals surface area (Å²) in [4.78, 5) is 2.39. The molecule has 0 unspecified atom stereocenters. The number of nitrogens with one attached hydrogen (secondary N) is 1. The molecule has 0 radical (unpaired) electrons. The topological polar surface area (TPSA) is 28.4 Å². The summed E-state index contributed by atoms with van der Waals surface area (Å²) in [6.45, 7) is 12.1. The summed E-state index contributed by atoms with van der Waals surface area (Å²) in [6.07, 6.45) is 0. The number of benzene rings is 1. The van der Waals surface area contributed by atoms with Crippen LogP contribution in [0.1, 0.15) is 36.5 Å². The predicted molar refractivity (Wildman–Crippen MR) is 88.7 cm³/mol. The Kier molecular flexibility index (Phi) is 5.45. The molecule has 1 aromatic carbocycles. The lowest BCUT2D eigenvalue weighted by Gasteiger charge is -2.24. The zero-order chi connectivity index (χ0) is 15.2. The summed E-state index contributed by atoms with van der Waals surface area (Å²) in [7, 11) is 0. The Morgan fingerprint density at radius 2 is 1.90 bits per heavy atom. The molecule has 0 saturated heterocycles. The van der Waals surface area contributed by atoms with E-state index in [2.05, 4.69) is 68.2 Å². The number of aryl methyl sites for hydroxylation is 2. The van der Waals surface area contributed by atoms with Gasteiger partial charge in [-0.15, -0.1) is 0 Å². The molecule has 21 heavy (non-hydrogen) atoms. The molecule has 2 aromatic rings. The fourth-order valence-corrected chi connectivity index (χ4v) is 2.57. The van der Waals surface area contributed by atoms with Gasteiger partial charge in [0.2, 0.25) is 0 Å². The van der Waals surface area contributed by atoms with Crippen molar-refractivity contribution in [1.29, 1.82) is 0 Å². The van der Waals surface area contributed by atoms with Crippen molar-refractivity contribution in [2.75, 3.05) is 18.0 Å². The quantitative estimate of drug-likeness (QED) is 0.833. The van der Waals surface area contributed by atoms with E-state index in [-0.39, 0.29) is 0 Å². The van der Waals surface area contributed by atoms with Crippen LogP contribution in [0.5, 0.6) is 0 Å². The summed E-state index contributed by atoms with van der Waals surface area (Å²) < 4.78 is 5.84. The third-order valence-electron chi connectivity index (χ3n) is 3.82. The molecule has 1 heterocycles. The maximum absolute atomic E-state index is 5.84. The molecule has 0 bridgehead atoms. The van der Waals surface area contributed by atoms with Crippen LogP contribution in [0.4, 0.5) is 5.69 Å². The van der Waals surface area contributed by atoms with Gasteiger partial charge in [0.1, 0.15) is 11.5 Å². The lowest BCUT2D eigenvalue weighted by Crippen LogP contribution is -2.22. The highest BCUT2D eigenvalue weighted by molar-refractivity contribution is 5.53. The van der Waals surface area contributed by atoms with Gasteiger partial charge in [-0.25, -0.2) is 0 Å². The van der Waals surface area contributed by atoms with Crippen LogP contribution in [-0.2, 0) is 13.1 Å². The van der Waals surface area contributed by atoms with Crippen LogP contribution >= 0.6 is 0 Å². The minimum Gasteiger partial charge on any atom is -0.465 e. The van der Waals surface area contributed by atoms with E-state index in [1.165, 1.54) is 16.8 Å². The second-order valence-electron chi connectivity index (χ2n) is 5.38. The molecule has 2 rings (SSSR count). The van der Waals surface area contributed by atoms with Crippen molar-refractivity contribution in [1.82, 2.24) is 5.32 Å². The van der Waals surface area contributed by atoms with Gasteiger partial charge in [0.15, 0.2) is 0 Å². The third kappa shape index (κ3) is 3.88. The smallest absolute Gasteiger partial charge is 0.118 e. The standard InChI is InChI=1S/C18H26N2O/c1-5-19-12-17-11-16(15(4)21-17)13-20(6-2)18-10-8-7-9-14(18)3/h7-11,19H,5-6,12-13H2,1-4H3. The van der Waals surface area contributed by atoms with Gasteiger partial charge in [0.05, 0.1) is 6.54 Å². The number of nitrogens with zero attached hydrogens (tertiary/aromatic N) is 1. The molecule has 0 aliphatic heterocycles. The van der Waals surface area contributed by atoms with Gasteiger partial charge in [0, 0.05) is 24.3 Å². The highest BCUT2D eigenvalue weighted by atomic mass is 16.3. The molecule has 0 fully saturated rings. The van der Waals surface area contributed by atoms with Crippen LogP contribution in [0.25, 0.3) is 0 Å². The van der Waals surface area contributed by atoms with Crippen LogP contribution in [-0.4, -0.2) is 13.1 Å². The largest absolute Gasteiger partial charge is 0.465 e. The molecule has 0 atom stereocenters. The van der Waals surface area contributed by atoms with Crippen LogP contribution in [0.2, 0.25) is 0 Å². The number of hydrogen-bond acceptors (Lipinski definition) is 3. The SMILES string of the molecule is CCNCc1cc(CN(CC)c2ccccc2C)c(C)o1. The maximum atomic E-state index is 5.84. The highest BCUT2D eigenvalue weighted by Gasteiger charge is 2.12. The molecule has 1 N–H and O–H groups in total. The first kappa shape index (κ1) is 15.6. The fourth-order valence-electron chi connectivity index (χ4n) is 2.57. The summed E-state index contributed by atoms with van der Waals surface area (Å²) >= 11 is 0. The number of rotatable bonds is 7. The Balaban J connectivity index is 2.15. The highest BCUT2D eigenvalue weighted by Crippen LogP contribution is 2.24. The van der Waals surface area contributed by atoms with E-state index in [4.69, 9.17) is 4.42 Å². The predicted octanol–water partition coefficient (Wildman–Crippen LogP) is 4.03. The van der Waals surface area contributed by atoms with E-state index in [0.29, 0.717) is 0 Å². The molecular formula is C18H26N2O. The van der Waals surface area contributed by atoms with E-state index in [0.717, 1.165) is 37.7 Å². The number of furan rings is 1. The molecule has 0 saturated carbocycles. The van der Waals surface area contributed by atoms with Crippen molar-refractivity contribution in [3.63, 3.8) is 0 Å². The van der Waals surface area contributed by atoms with Crippen LogP contribution in [0.15, 0.2) is 34.7 Å². The second kappa shape index (κ2) is 7.32. The Labute approximate surface area is 128 Å². The van der Waals surface area contributed by atoms with Crippen LogP contribution < -0.4 is 10.2 Å². The first-order valence-electron chi connectivity index (χ1n) is 7.75. The Morgan fingerprint density at radius 3 is 2.57 bits per heavy atom. The molecule has 114 valence electrons. The molecule has 0 aliphatic rings. The van der Waals surface area contributed by atoms with Gasteiger partial charge in [-0.1, -0.05) is 25.1 Å². The van der Waals surface area contributed by atoms with E-state index in [9.17, 15) is 0 Å². The summed E-state index contributed by atoms with van der Waals surface area (Å²) in [5.74, 6) is 2.04. The summed E-state index contributed by atoms with van der Waals surface area (Å²) in [6, 6.07) is 10.7. The fraction of sp³-hybridized carbons (Fsp3) is 0.444. The molecule has 0 aliphatic carbocycles. The van der Waals surface area contributed by atoms with Crippen molar-refractivity contribution >= 4 is 5.69 Å². The van der Waals surface area contributed by atoms with E-state index < -0.39 is 0 Å². The second-order valence-corrected chi connectivity index (χ2v) is 5.38. The molecule has 0 amide bonds. The normalized spacial score (nSPS) is 10.9. The maximum Gasteiger partial charge on any atom is 0.118 e. The summed E-state index contributed by atoms with van der Waals surface area (Å²) in [5.41, 5.74) is 3.88. The van der Waals surface area contributed by atoms with Crippen molar-refractivity contribution < 1.29 is 4.42 Å². The molecular weight excluding hydrogens is 260 g/mol. The monoisotopic (exact) mass is 286 g/mol. The van der Waals surface area contributed by atoms with E-state index in [1.807, 2.05) is 0 Å². The average Bonchev–Trinajstić information content (AvgIpc) is 2.83. The van der Waals surface area contributed by atoms with Gasteiger partial charge in [-0.3, -0.25) is 0 Å². The molecule has 1 aromatic heterocycles. The van der Waals surface area contributed by atoms with E-state index in [1.54, 1.807) is 0 Å². The van der Waals surface area contributed by atoms with Crippen molar-refractivity contribution in [2.45, 2.75) is 40.8 Å². The van der Waals surface area contributed by atoms with Crippen LogP contribution in [0, 0.1) is 13.8 Å². The number of anilines is 1. The van der Waals surface area contributed by atoms with Crippen molar-refractivity contribution in [3.8, 4) is 0 Å². The molecule has 3 heteroatoms. The zero-order valence-electron chi connectivity index (χ0n) is 13.6. The van der Waals surface area contributed by atoms with Gasteiger partial charge < -0.3 is 14.6 Å². The van der Waals surface area contributed by atoms with Gasteiger partial charge >= 0.3 is 0 Å². The number of para-hydroxylation sites is 1. The minimum absolute atomic E-state index is 0.799. The van der Waals surface area contributed by atoms with Gasteiger partial charge in [0.25, 0.3) is 0 Å². The first-order chi connectivity index (χ1) is 10.2.